The zero-order chi connectivity index (χ0) is 18.3. The topological polar surface area (TPSA) is 90.4 Å². The molecule has 0 aliphatic carbocycles. The number of nitro benzene ring substituents is 1. The Balaban J connectivity index is 1.83. The summed E-state index contributed by atoms with van der Waals surface area (Å²) in [5, 5.41) is 15.3. The van der Waals surface area contributed by atoms with Crippen molar-refractivity contribution < 1.29 is 9.31 Å². The molecule has 0 fully saturated rings. The van der Waals surface area contributed by atoms with Gasteiger partial charge in [-0.15, -0.1) is 5.10 Å². The molecule has 0 spiro atoms. The molecule has 0 N–H and O–H groups in total. The van der Waals surface area contributed by atoms with Crippen LogP contribution in [0.15, 0.2) is 53.3 Å². The first kappa shape index (κ1) is 16.0. The average molecular weight is 368 g/mol. The van der Waals surface area contributed by atoms with Gasteiger partial charge in [-0.1, -0.05) is 23.5 Å². The van der Waals surface area contributed by atoms with Gasteiger partial charge in [0.2, 0.25) is 4.96 Å². The molecular formula is C17H9FN4O3S. The molecule has 4 rings (SSSR count). The van der Waals surface area contributed by atoms with Gasteiger partial charge in [0.15, 0.2) is 5.82 Å². The van der Waals surface area contributed by atoms with Gasteiger partial charge in [0.05, 0.1) is 15.0 Å². The first-order valence-electron chi connectivity index (χ1n) is 7.43. The first-order valence-corrected chi connectivity index (χ1v) is 8.25. The summed E-state index contributed by atoms with van der Waals surface area (Å²) in [7, 11) is 0. The third kappa shape index (κ3) is 2.74. The molecule has 0 bridgehead atoms. The molecule has 9 heteroatoms. The van der Waals surface area contributed by atoms with Crippen LogP contribution in [0.2, 0.25) is 0 Å². The Bertz CT molecular complexity index is 1250. The number of aromatic nitrogens is 3. The highest BCUT2D eigenvalue weighted by Gasteiger charge is 2.14. The van der Waals surface area contributed by atoms with Gasteiger partial charge < -0.3 is 0 Å². The quantitative estimate of drug-likeness (QED) is 0.409. The molecule has 0 aliphatic rings. The van der Waals surface area contributed by atoms with Gasteiger partial charge in [-0.05, 0) is 36.4 Å². The summed E-state index contributed by atoms with van der Waals surface area (Å²) in [5.74, 6) is -0.0637. The molecule has 26 heavy (non-hydrogen) atoms. The number of rotatable bonds is 3. The summed E-state index contributed by atoms with van der Waals surface area (Å²) in [5.41, 5.74) is 0.422. The molecule has 0 unspecified atom stereocenters. The fraction of sp³-hybridized carbons (Fsp3) is 0. The minimum atomic E-state index is -0.500. The maximum atomic E-state index is 13.0. The summed E-state index contributed by atoms with van der Waals surface area (Å²) in [6.45, 7) is 0. The van der Waals surface area contributed by atoms with Crippen LogP contribution in [0, 0.1) is 15.9 Å². The molecule has 2 aromatic carbocycles. The molecule has 0 saturated carbocycles. The number of para-hydroxylation sites is 1. The SMILES string of the molecule is O=c1/c(=C/c2ccccc2[N+](=O)[O-])sc2nc(-c3ccc(F)cc3)nn12. The van der Waals surface area contributed by atoms with Gasteiger partial charge in [0.1, 0.15) is 5.82 Å². The Labute approximate surface area is 148 Å². The predicted molar refractivity (Wildman–Crippen MR) is 94.4 cm³/mol. The second kappa shape index (κ2) is 6.12. The molecule has 0 aliphatic heterocycles. The second-order valence-electron chi connectivity index (χ2n) is 5.37. The van der Waals surface area contributed by atoms with Crippen LogP contribution >= 0.6 is 11.3 Å². The minimum absolute atomic E-state index is 0.0853. The molecule has 4 aromatic rings. The third-order valence-corrected chi connectivity index (χ3v) is 4.66. The van der Waals surface area contributed by atoms with E-state index in [9.17, 15) is 19.3 Å². The maximum absolute atomic E-state index is 13.0. The van der Waals surface area contributed by atoms with Crippen molar-refractivity contribution in [1.29, 1.82) is 0 Å². The van der Waals surface area contributed by atoms with E-state index in [1.165, 1.54) is 36.4 Å². The molecular weight excluding hydrogens is 359 g/mol. The van der Waals surface area contributed by atoms with Crippen molar-refractivity contribution in [1.82, 2.24) is 14.6 Å². The van der Waals surface area contributed by atoms with E-state index in [0.29, 0.717) is 26.4 Å². The van der Waals surface area contributed by atoms with Gasteiger partial charge in [-0.3, -0.25) is 14.9 Å². The first-order chi connectivity index (χ1) is 12.5. The van der Waals surface area contributed by atoms with Crippen LogP contribution in [0.3, 0.4) is 0 Å². The lowest BCUT2D eigenvalue weighted by Crippen LogP contribution is -2.23. The van der Waals surface area contributed by atoms with E-state index in [-0.39, 0.29) is 11.5 Å². The Kier molecular flexibility index (Phi) is 3.77. The fourth-order valence-electron chi connectivity index (χ4n) is 2.47. The van der Waals surface area contributed by atoms with E-state index in [2.05, 4.69) is 10.1 Å². The van der Waals surface area contributed by atoms with Crippen LogP contribution < -0.4 is 10.1 Å². The van der Waals surface area contributed by atoms with E-state index in [4.69, 9.17) is 0 Å². The standard InChI is InChI=1S/C17H9FN4O3S/c18-12-7-5-10(6-8-12)15-19-17-21(20-15)16(23)14(26-17)9-11-3-1-2-4-13(11)22(24)25/h1-9H/b14-9-. The van der Waals surface area contributed by atoms with Crippen LogP contribution in [0.5, 0.6) is 0 Å². The number of nitrogens with zero attached hydrogens (tertiary/aromatic N) is 4. The normalized spacial score (nSPS) is 12.0. The van der Waals surface area contributed by atoms with Crippen molar-refractivity contribution in [3.05, 3.63) is 84.9 Å². The molecule has 0 radical (unpaired) electrons. The van der Waals surface area contributed by atoms with Gasteiger partial charge in [-0.25, -0.2) is 4.39 Å². The number of halogens is 1. The smallest absolute Gasteiger partial charge is 0.266 e. The zero-order valence-electron chi connectivity index (χ0n) is 13.0. The van der Waals surface area contributed by atoms with E-state index in [1.54, 1.807) is 18.2 Å². The van der Waals surface area contributed by atoms with Crippen LogP contribution in [0.25, 0.3) is 22.4 Å². The molecule has 0 atom stereocenters. The van der Waals surface area contributed by atoms with E-state index in [1.807, 2.05) is 0 Å². The van der Waals surface area contributed by atoms with Crippen molar-refractivity contribution >= 4 is 28.1 Å². The van der Waals surface area contributed by atoms with Gasteiger partial charge in [-0.2, -0.15) is 9.50 Å². The lowest BCUT2D eigenvalue weighted by atomic mass is 10.2. The fourth-order valence-corrected chi connectivity index (χ4v) is 3.37. The van der Waals surface area contributed by atoms with Crippen molar-refractivity contribution in [2.24, 2.45) is 0 Å². The monoisotopic (exact) mass is 368 g/mol. The van der Waals surface area contributed by atoms with Crippen LogP contribution in [0.1, 0.15) is 5.56 Å². The largest absolute Gasteiger partial charge is 0.291 e. The maximum Gasteiger partial charge on any atom is 0.291 e. The van der Waals surface area contributed by atoms with Gasteiger partial charge in [0.25, 0.3) is 11.2 Å². The number of hydrogen-bond acceptors (Lipinski definition) is 6. The summed E-state index contributed by atoms with van der Waals surface area (Å²) in [6.07, 6.45) is 1.46. The van der Waals surface area contributed by atoms with E-state index >= 15 is 0 Å². The Hall–Kier alpha value is -3.46. The molecule has 128 valence electrons. The highest BCUT2D eigenvalue weighted by atomic mass is 32.1. The number of benzene rings is 2. The summed E-state index contributed by atoms with van der Waals surface area (Å²) >= 11 is 1.08. The van der Waals surface area contributed by atoms with Gasteiger partial charge >= 0.3 is 0 Å². The molecule has 0 saturated heterocycles. The highest BCUT2D eigenvalue weighted by Crippen LogP contribution is 2.19. The molecule has 0 amide bonds. The Morgan fingerprint density at radius 3 is 2.58 bits per heavy atom. The summed E-state index contributed by atoms with van der Waals surface area (Å²) in [6, 6.07) is 11.8. The third-order valence-electron chi connectivity index (χ3n) is 3.70. The summed E-state index contributed by atoms with van der Waals surface area (Å²) in [4.78, 5) is 27.8. The van der Waals surface area contributed by atoms with Crippen LogP contribution in [-0.2, 0) is 0 Å². The van der Waals surface area contributed by atoms with E-state index in [0.717, 1.165) is 15.9 Å². The van der Waals surface area contributed by atoms with Crippen molar-refractivity contribution in [3.63, 3.8) is 0 Å². The summed E-state index contributed by atoms with van der Waals surface area (Å²) < 4.78 is 14.4. The zero-order valence-corrected chi connectivity index (χ0v) is 13.8. The highest BCUT2D eigenvalue weighted by molar-refractivity contribution is 7.15. The number of fused-ring (bicyclic) bond motifs is 1. The Morgan fingerprint density at radius 2 is 1.88 bits per heavy atom. The predicted octanol–water partition coefficient (Wildman–Crippen LogP) is 2.41. The Morgan fingerprint density at radius 1 is 1.15 bits per heavy atom. The number of hydrogen-bond donors (Lipinski definition) is 0. The lowest BCUT2D eigenvalue weighted by Gasteiger charge is -1.95. The molecule has 7 nitrogen and oxygen atoms in total. The van der Waals surface area contributed by atoms with Gasteiger partial charge in [0, 0.05) is 11.6 Å². The number of thiazole rings is 1. The second-order valence-corrected chi connectivity index (χ2v) is 6.38. The number of nitro groups is 1. The van der Waals surface area contributed by atoms with Crippen LogP contribution in [0.4, 0.5) is 10.1 Å². The molecule has 2 aromatic heterocycles. The van der Waals surface area contributed by atoms with E-state index < -0.39 is 10.5 Å². The molecule has 2 heterocycles. The van der Waals surface area contributed by atoms with Crippen molar-refractivity contribution in [2.45, 2.75) is 0 Å². The minimum Gasteiger partial charge on any atom is -0.266 e. The van der Waals surface area contributed by atoms with Crippen molar-refractivity contribution in [2.75, 3.05) is 0 Å². The lowest BCUT2D eigenvalue weighted by molar-refractivity contribution is -0.385. The van der Waals surface area contributed by atoms with Crippen molar-refractivity contribution in [3.8, 4) is 11.4 Å². The van der Waals surface area contributed by atoms with Crippen LogP contribution in [-0.4, -0.2) is 19.5 Å². The average Bonchev–Trinajstić information content (AvgIpc) is 3.16.